The third-order valence-electron chi connectivity index (χ3n) is 5.95. The smallest absolute Gasteiger partial charge is 0.259 e. The van der Waals surface area contributed by atoms with E-state index in [0.717, 1.165) is 28.8 Å². The molecule has 0 saturated carbocycles. The Morgan fingerprint density at radius 3 is 2.11 bits per heavy atom. The van der Waals surface area contributed by atoms with Gasteiger partial charge in [0.05, 0.1) is 16.2 Å². The number of hydrogen-bond donors (Lipinski definition) is 1. The first-order valence-electron chi connectivity index (χ1n) is 11.3. The van der Waals surface area contributed by atoms with Crippen LogP contribution in [0.4, 0.5) is 13.2 Å². The number of aromatic nitrogens is 1. The first-order chi connectivity index (χ1) is 17.0. The molecule has 1 heterocycles. The Morgan fingerprint density at radius 1 is 0.778 bits per heavy atom. The minimum atomic E-state index is -4.61. The Kier molecular flexibility index (Phi) is 7.02. The number of halogens is 3. The minimum absolute atomic E-state index is 0.0130. The lowest BCUT2D eigenvalue weighted by Crippen LogP contribution is -2.49. The molecule has 186 valence electrons. The van der Waals surface area contributed by atoms with E-state index in [4.69, 9.17) is 0 Å². The van der Waals surface area contributed by atoms with Gasteiger partial charge >= 0.3 is 6.18 Å². The summed E-state index contributed by atoms with van der Waals surface area (Å²) in [6, 6.07) is 23.5. The Morgan fingerprint density at radius 2 is 1.47 bits per heavy atom. The van der Waals surface area contributed by atoms with E-state index in [1.807, 2.05) is 13.0 Å². The van der Waals surface area contributed by atoms with Crippen LogP contribution < -0.4 is 4.72 Å². The van der Waals surface area contributed by atoms with E-state index in [1.165, 1.54) is 24.3 Å². The lowest BCUT2D eigenvalue weighted by atomic mass is 9.81. The molecule has 4 rings (SSSR count). The summed E-state index contributed by atoms with van der Waals surface area (Å²) in [5, 5.41) is 0. The lowest BCUT2D eigenvalue weighted by Gasteiger charge is -2.35. The van der Waals surface area contributed by atoms with Crippen molar-refractivity contribution in [2.24, 2.45) is 0 Å². The van der Waals surface area contributed by atoms with Crippen LogP contribution in [0.15, 0.2) is 102 Å². The van der Waals surface area contributed by atoms with Gasteiger partial charge in [0.1, 0.15) is 5.54 Å². The van der Waals surface area contributed by atoms with Gasteiger partial charge in [-0.15, -0.1) is 0 Å². The Bertz CT molecular complexity index is 1450. The van der Waals surface area contributed by atoms with Crippen LogP contribution in [-0.2, 0) is 28.2 Å². The highest BCUT2D eigenvalue weighted by Gasteiger charge is 2.42. The monoisotopic (exact) mass is 510 g/mol. The average molecular weight is 511 g/mol. The molecule has 1 aromatic heterocycles. The molecule has 36 heavy (non-hydrogen) atoms. The van der Waals surface area contributed by atoms with Crippen molar-refractivity contribution in [1.82, 2.24) is 9.71 Å². The van der Waals surface area contributed by atoms with Gasteiger partial charge in [-0.25, -0.2) is 8.42 Å². The summed E-state index contributed by atoms with van der Waals surface area (Å²) in [5.41, 5.74) is 0.209. The summed E-state index contributed by atoms with van der Waals surface area (Å²) in [4.78, 5) is 4.52. The Balaban J connectivity index is 2.00. The predicted octanol–water partition coefficient (Wildman–Crippen LogP) is 6.18. The molecule has 0 radical (unpaired) electrons. The molecule has 4 aromatic rings. The molecule has 0 amide bonds. The van der Waals surface area contributed by atoms with E-state index in [9.17, 15) is 21.6 Å². The molecule has 0 aliphatic heterocycles. The average Bonchev–Trinajstić information content (AvgIpc) is 2.84. The van der Waals surface area contributed by atoms with Crippen LogP contribution in [0.25, 0.3) is 0 Å². The van der Waals surface area contributed by atoms with Crippen molar-refractivity contribution in [2.45, 2.75) is 36.9 Å². The number of aryl methyl sites for hydroxylation is 2. The number of sulfonamides is 1. The SMILES string of the molecule is Cc1ccc(C(Cc2ccccc2)(NS(=O)(=O)c2cccc(C)c2)c2cccc(C(F)(F)F)c2)nc1. The van der Waals surface area contributed by atoms with Crippen LogP contribution in [-0.4, -0.2) is 13.4 Å². The number of alkyl halides is 3. The fourth-order valence-corrected chi connectivity index (χ4v) is 5.61. The van der Waals surface area contributed by atoms with Gasteiger partial charge in [-0.1, -0.05) is 60.7 Å². The zero-order chi connectivity index (χ0) is 26.0. The molecule has 0 spiro atoms. The number of nitrogens with zero attached hydrogens (tertiary/aromatic N) is 1. The molecule has 1 unspecified atom stereocenters. The second-order valence-electron chi connectivity index (χ2n) is 8.79. The molecule has 4 nitrogen and oxygen atoms in total. The second kappa shape index (κ2) is 9.87. The molecule has 0 bridgehead atoms. The molecular weight excluding hydrogens is 485 g/mol. The Labute approximate surface area is 208 Å². The Hall–Kier alpha value is -3.49. The van der Waals surface area contributed by atoms with Gasteiger partial charge in [0, 0.05) is 12.6 Å². The van der Waals surface area contributed by atoms with Crippen LogP contribution >= 0.6 is 0 Å². The molecule has 0 aliphatic rings. The van der Waals surface area contributed by atoms with Gasteiger partial charge < -0.3 is 0 Å². The van der Waals surface area contributed by atoms with Gasteiger partial charge in [-0.3, -0.25) is 4.98 Å². The summed E-state index contributed by atoms with van der Waals surface area (Å²) in [6.45, 7) is 3.60. The molecule has 3 aromatic carbocycles. The quantitative estimate of drug-likeness (QED) is 0.323. The van der Waals surface area contributed by atoms with Crippen molar-refractivity contribution in [3.8, 4) is 0 Å². The van der Waals surface area contributed by atoms with Crippen molar-refractivity contribution < 1.29 is 21.6 Å². The maximum Gasteiger partial charge on any atom is 0.416 e. The van der Waals surface area contributed by atoms with Crippen molar-refractivity contribution >= 4 is 10.0 Å². The summed E-state index contributed by atoms with van der Waals surface area (Å²) in [6.07, 6.45) is -3.00. The van der Waals surface area contributed by atoms with Gasteiger partial charge in [0.2, 0.25) is 10.0 Å². The van der Waals surface area contributed by atoms with Crippen molar-refractivity contribution in [3.63, 3.8) is 0 Å². The topological polar surface area (TPSA) is 59.1 Å². The first kappa shape index (κ1) is 25.6. The summed E-state index contributed by atoms with van der Waals surface area (Å²) in [5.74, 6) is 0. The van der Waals surface area contributed by atoms with Crippen LogP contribution in [0.2, 0.25) is 0 Å². The normalized spacial score (nSPS) is 13.8. The molecule has 0 aliphatic carbocycles. The maximum atomic E-state index is 13.7. The van der Waals surface area contributed by atoms with Crippen molar-refractivity contribution in [1.29, 1.82) is 0 Å². The van der Waals surface area contributed by atoms with E-state index in [0.29, 0.717) is 0 Å². The fourth-order valence-electron chi connectivity index (χ4n) is 4.14. The van der Waals surface area contributed by atoms with Gasteiger partial charge in [0.25, 0.3) is 0 Å². The molecular formula is C28H25F3N2O2S. The summed E-state index contributed by atoms with van der Waals surface area (Å²) < 4.78 is 71.4. The van der Waals surface area contributed by atoms with E-state index >= 15 is 0 Å². The number of pyridine rings is 1. The van der Waals surface area contributed by atoms with Crippen LogP contribution in [0.3, 0.4) is 0 Å². The second-order valence-corrected chi connectivity index (χ2v) is 10.5. The third kappa shape index (κ3) is 5.50. The maximum absolute atomic E-state index is 13.7. The molecule has 1 atom stereocenters. The third-order valence-corrected chi connectivity index (χ3v) is 7.44. The zero-order valence-electron chi connectivity index (χ0n) is 19.8. The van der Waals surface area contributed by atoms with E-state index in [2.05, 4.69) is 9.71 Å². The number of hydrogen-bond acceptors (Lipinski definition) is 3. The highest BCUT2D eigenvalue weighted by atomic mass is 32.2. The van der Waals surface area contributed by atoms with Gasteiger partial charge in [-0.2, -0.15) is 17.9 Å². The van der Waals surface area contributed by atoms with E-state index in [-0.39, 0.29) is 22.6 Å². The lowest BCUT2D eigenvalue weighted by molar-refractivity contribution is -0.137. The highest BCUT2D eigenvalue weighted by molar-refractivity contribution is 7.89. The van der Waals surface area contributed by atoms with E-state index < -0.39 is 27.3 Å². The largest absolute Gasteiger partial charge is 0.416 e. The molecule has 1 N–H and O–H groups in total. The standard InChI is InChI=1S/C28H25F3N2O2S/c1-20-8-6-13-25(16-20)36(34,35)33-27(18-22-9-4-3-5-10-22,26-15-14-21(2)19-32-26)23-11-7-12-24(17-23)28(29,30)31/h3-17,19,33H,18H2,1-2H3. The first-order valence-corrected chi connectivity index (χ1v) is 12.7. The minimum Gasteiger partial charge on any atom is -0.259 e. The molecule has 0 fully saturated rings. The number of benzene rings is 3. The molecule has 8 heteroatoms. The fraction of sp³-hybridized carbons (Fsp3) is 0.179. The van der Waals surface area contributed by atoms with Crippen LogP contribution in [0.5, 0.6) is 0 Å². The van der Waals surface area contributed by atoms with Gasteiger partial charge in [0.15, 0.2) is 0 Å². The van der Waals surface area contributed by atoms with Crippen LogP contribution in [0, 0.1) is 13.8 Å². The van der Waals surface area contributed by atoms with Crippen LogP contribution in [0.1, 0.15) is 33.5 Å². The number of rotatable bonds is 7. The summed E-state index contributed by atoms with van der Waals surface area (Å²) in [7, 11) is -4.19. The zero-order valence-corrected chi connectivity index (χ0v) is 20.6. The summed E-state index contributed by atoms with van der Waals surface area (Å²) >= 11 is 0. The van der Waals surface area contributed by atoms with E-state index in [1.54, 1.807) is 61.7 Å². The number of nitrogens with one attached hydrogen (secondary N) is 1. The van der Waals surface area contributed by atoms with Gasteiger partial charge in [-0.05, 0) is 66.4 Å². The predicted molar refractivity (Wildman–Crippen MR) is 133 cm³/mol. The highest BCUT2D eigenvalue weighted by Crippen LogP contribution is 2.38. The van der Waals surface area contributed by atoms with Crippen molar-refractivity contribution in [3.05, 3.63) is 131 Å². The van der Waals surface area contributed by atoms with Crippen molar-refractivity contribution in [2.75, 3.05) is 0 Å². The molecule has 0 saturated heterocycles.